The van der Waals surface area contributed by atoms with Crippen molar-refractivity contribution in [3.8, 4) is 11.5 Å². The van der Waals surface area contributed by atoms with Gasteiger partial charge in [0.2, 0.25) is 6.79 Å². The minimum absolute atomic E-state index is 0.0450. The van der Waals surface area contributed by atoms with Gasteiger partial charge in [0.25, 0.3) is 0 Å². The predicted octanol–water partition coefficient (Wildman–Crippen LogP) is 3.69. The van der Waals surface area contributed by atoms with Gasteiger partial charge in [-0.1, -0.05) is 23.7 Å². The molecule has 1 heterocycles. The number of anilines is 1. The minimum Gasteiger partial charge on any atom is -0.454 e. The van der Waals surface area contributed by atoms with Crippen LogP contribution in [0.5, 0.6) is 11.5 Å². The second-order valence-electron chi connectivity index (χ2n) is 4.60. The molecule has 0 amide bonds. The number of thiocarbonyl (C=S) groups is 1. The van der Waals surface area contributed by atoms with Gasteiger partial charge in [0.05, 0.1) is 10.7 Å². The molecular weight excluding hydrogens is 327 g/mol. The van der Waals surface area contributed by atoms with Crippen molar-refractivity contribution >= 4 is 34.6 Å². The number of fused-ring (bicyclic) bond motifs is 1. The van der Waals surface area contributed by atoms with E-state index in [2.05, 4.69) is 10.6 Å². The Kier molecular flexibility index (Phi) is 4.31. The Hall–Kier alpha value is -2.05. The molecular formula is C15H12ClFN2O2S. The molecule has 0 saturated carbocycles. The molecule has 0 bridgehead atoms. The van der Waals surface area contributed by atoms with Crippen molar-refractivity contribution < 1.29 is 13.9 Å². The second-order valence-corrected chi connectivity index (χ2v) is 5.41. The Morgan fingerprint density at radius 3 is 2.91 bits per heavy atom. The van der Waals surface area contributed by atoms with Gasteiger partial charge in [0, 0.05) is 6.54 Å². The Bertz CT molecular complexity index is 727. The highest BCUT2D eigenvalue weighted by Crippen LogP contribution is 2.32. The predicted molar refractivity (Wildman–Crippen MR) is 87.0 cm³/mol. The Morgan fingerprint density at radius 1 is 1.23 bits per heavy atom. The SMILES string of the molecule is Fc1c(Cl)cccc1NC(=S)NCc1ccc2c(c1)OCO2. The summed E-state index contributed by atoms with van der Waals surface area (Å²) < 4.78 is 24.3. The van der Waals surface area contributed by atoms with Gasteiger partial charge in [-0.2, -0.15) is 0 Å². The number of nitrogens with one attached hydrogen (secondary N) is 2. The third-order valence-electron chi connectivity index (χ3n) is 3.09. The summed E-state index contributed by atoms with van der Waals surface area (Å²) in [6.07, 6.45) is 0. The molecule has 7 heteroatoms. The first-order valence-electron chi connectivity index (χ1n) is 6.51. The van der Waals surface area contributed by atoms with E-state index in [1.54, 1.807) is 12.1 Å². The van der Waals surface area contributed by atoms with Crippen LogP contribution < -0.4 is 20.1 Å². The van der Waals surface area contributed by atoms with Crippen LogP contribution in [0.3, 0.4) is 0 Å². The van der Waals surface area contributed by atoms with Crippen molar-refractivity contribution in [1.29, 1.82) is 0 Å². The first-order valence-corrected chi connectivity index (χ1v) is 7.29. The minimum atomic E-state index is -0.531. The second kappa shape index (κ2) is 6.37. The van der Waals surface area contributed by atoms with Crippen LogP contribution in [0.2, 0.25) is 5.02 Å². The first-order chi connectivity index (χ1) is 10.6. The van der Waals surface area contributed by atoms with Crippen LogP contribution in [0.25, 0.3) is 0 Å². The summed E-state index contributed by atoms with van der Waals surface area (Å²) in [5, 5.41) is 6.13. The lowest BCUT2D eigenvalue weighted by Crippen LogP contribution is -2.28. The van der Waals surface area contributed by atoms with E-state index in [0.717, 1.165) is 11.3 Å². The molecule has 2 aromatic rings. The van der Waals surface area contributed by atoms with Gasteiger partial charge in [-0.3, -0.25) is 0 Å². The van der Waals surface area contributed by atoms with Crippen LogP contribution in [0, 0.1) is 5.82 Å². The topological polar surface area (TPSA) is 42.5 Å². The number of hydrogen-bond donors (Lipinski definition) is 2. The van der Waals surface area contributed by atoms with Gasteiger partial charge in [0.15, 0.2) is 22.4 Å². The van der Waals surface area contributed by atoms with Crippen LogP contribution in [-0.4, -0.2) is 11.9 Å². The van der Waals surface area contributed by atoms with E-state index >= 15 is 0 Å². The fraction of sp³-hybridized carbons (Fsp3) is 0.133. The molecule has 2 N–H and O–H groups in total. The Labute approximate surface area is 137 Å². The van der Waals surface area contributed by atoms with Crippen molar-refractivity contribution in [3.05, 3.63) is 52.8 Å². The maximum absolute atomic E-state index is 13.8. The highest BCUT2D eigenvalue weighted by molar-refractivity contribution is 7.80. The Morgan fingerprint density at radius 2 is 2.05 bits per heavy atom. The zero-order chi connectivity index (χ0) is 15.5. The van der Waals surface area contributed by atoms with E-state index in [4.69, 9.17) is 33.3 Å². The number of benzene rings is 2. The summed E-state index contributed by atoms with van der Waals surface area (Å²) in [5.74, 6) is 0.904. The third kappa shape index (κ3) is 3.23. The molecule has 0 atom stereocenters. The maximum Gasteiger partial charge on any atom is 0.231 e. The molecule has 22 heavy (non-hydrogen) atoms. The van der Waals surface area contributed by atoms with E-state index in [1.165, 1.54) is 6.07 Å². The Balaban J connectivity index is 1.59. The van der Waals surface area contributed by atoms with E-state index in [9.17, 15) is 4.39 Å². The van der Waals surface area contributed by atoms with Gasteiger partial charge < -0.3 is 20.1 Å². The molecule has 0 spiro atoms. The smallest absolute Gasteiger partial charge is 0.231 e. The molecule has 0 saturated heterocycles. The van der Waals surface area contributed by atoms with Crippen molar-refractivity contribution in [2.75, 3.05) is 12.1 Å². The molecule has 1 aliphatic heterocycles. The molecule has 0 fully saturated rings. The standard InChI is InChI=1S/C15H12ClFN2O2S/c16-10-2-1-3-11(14(10)17)19-15(22)18-7-9-4-5-12-13(6-9)21-8-20-12/h1-6H,7-8H2,(H2,18,19,22). The van der Waals surface area contributed by atoms with E-state index < -0.39 is 5.82 Å². The molecule has 0 aromatic heterocycles. The van der Waals surface area contributed by atoms with E-state index in [1.807, 2.05) is 18.2 Å². The fourth-order valence-corrected chi connectivity index (χ4v) is 2.36. The molecule has 3 rings (SSSR count). The van der Waals surface area contributed by atoms with Crippen LogP contribution in [0.1, 0.15) is 5.56 Å². The molecule has 1 aliphatic rings. The lowest BCUT2D eigenvalue weighted by molar-refractivity contribution is 0.174. The third-order valence-corrected chi connectivity index (χ3v) is 3.63. The van der Waals surface area contributed by atoms with Gasteiger partial charge in [-0.05, 0) is 42.0 Å². The maximum atomic E-state index is 13.8. The van der Waals surface area contributed by atoms with Crippen molar-refractivity contribution in [2.45, 2.75) is 6.54 Å². The molecule has 0 aliphatic carbocycles. The lowest BCUT2D eigenvalue weighted by Gasteiger charge is -2.12. The number of rotatable bonds is 3. The van der Waals surface area contributed by atoms with Crippen molar-refractivity contribution in [2.24, 2.45) is 0 Å². The summed E-state index contributed by atoms with van der Waals surface area (Å²) in [4.78, 5) is 0. The number of halogens is 2. The summed E-state index contributed by atoms with van der Waals surface area (Å²) in [7, 11) is 0. The summed E-state index contributed by atoms with van der Waals surface area (Å²) in [6, 6.07) is 10.3. The monoisotopic (exact) mass is 338 g/mol. The summed E-state index contributed by atoms with van der Waals surface area (Å²) >= 11 is 10.9. The highest BCUT2D eigenvalue weighted by atomic mass is 35.5. The van der Waals surface area contributed by atoms with E-state index in [-0.39, 0.29) is 17.5 Å². The van der Waals surface area contributed by atoms with Crippen molar-refractivity contribution in [1.82, 2.24) is 5.32 Å². The van der Waals surface area contributed by atoms with Crippen LogP contribution in [0.15, 0.2) is 36.4 Å². The van der Waals surface area contributed by atoms with Crippen LogP contribution >= 0.6 is 23.8 Å². The van der Waals surface area contributed by atoms with Gasteiger partial charge in [-0.25, -0.2) is 4.39 Å². The average Bonchev–Trinajstić information content (AvgIpc) is 2.97. The molecule has 4 nitrogen and oxygen atoms in total. The first kappa shape index (κ1) is 14.9. The quantitative estimate of drug-likeness (QED) is 0.835. The van der Waals surface area contributed by atoms with E-state index in [0.29, 0.717) is 17.4 Å². The van der Waals surface area contributed by atoms with Crippen LogP contribution in [-0.2, 0) is 6.54 Å². The fourth-order valence-electron chi connectivity index (χ4n) is 2.00. The number of hydrogen-bond acceptors (Lipinski definition) is 3. The van der Waals surface area contributed by atoms with Gasteiger partial charge in [0.1, 0.15) is 0 Å². The molecule has 2 aromatic carbocycles. The molecule has 0 unspecified atom stereocenters. The van der Waals surface area contributed by atoms with Gasteiger partial charge >= 0.3 is 0 Å². The van der Waals surface area contributed by atoms with Crippen LogP contribution in [0.4, 0.5) is 10.1 Å². The highest BCUT2D eigenvalue weighted by Gasteiger charge is 2.13. The molecule has 0 radical (unpaired) electrons. The zero-order valence-electron chi connectivity index (χ0n) is 11.4. The largest absolute Gasteiger partial charge is 0.454 e. The summed E-state index contributed by atoms with van der Waals surface area (Å²) in [5.41, 5.74) is 1.20. The summed E-state index contributed by atoms with van der Waals surface area (Å²) in [6.45, 7) is 0.713. The average molecular weight is 339 g/mol. The lowest BCUT2D eigenvalue weighted by atomic mass is 10.2. The molecule has 114 valence electrons. The zero-order valence-corrected chi connectivity index (χ0v) is 12.9. The van der Waals surface area contributed by atoms with Gasteiger partial charge in [-0.15, -0.1) is 0 Å². The number of ether oxygens (including phenoxy) is 2. The normalized spacial score (nSPS) is 12.1. The van der Waals surface area contributed by atoms with Crippen molar-refractivity contribution in [3.63, 3.8) is 0 Å².